The average Bonchev–Trinajstić information content (AvgIpc) is 2.48. The lowest BCUT2D eigenvalue weighted by Gasteiger charge is -2.19. The van der Waals surface area contributed by atoms with Gasteiger partial charge in [-0.05, 0) is 43.0 Å². The molecule has 0 fully saturated rings. The fourth-order valence-electron chi connectivity index (χ4n) is 2.57. The summed E-state index contributed by atoms with van der Waals surface area (Å²) in [6.45, 7) is 0.850. The van der Waals surface area contributed by atoms with Gasteiger partial charge in [0.05, 0.1) is 5.52 Å². The number of aromatic nitrogens is 1. The van der Waals surface area contributed by atoms with Gasteiger partial charge in [0.15, 0.2) is 0 Å². The lowest BCUT2D eigenvalue weighted by Crippen LogP contribution is -2.29. The maximum atomic E-state index is 6.21. The van der Waals surface area contributed by atoms with E-state index < -0.39 is 0 Å². The molecule has 0 aliphatic heterocycles. The van der Waals surface area contributed by atoms with Gasteiger partial charge < -0.3 is 5.32 Å². The summed E-state index contributed by atoms with van der Waals surface area (Å²) in [6, 6.07) is 8.57. The molecule has 1 aromatic heterocycles. The van der Waals surface area contributed by atoms with Gasteiger partial charge in [0.25, 0.3) is 0 Å². The SMILES string of the molecule is Clc1ccc(CNC2CC=CCC2)c2ncccc12. The number of nitrogens with one attached hydrogen (secondary N) is 1. The minimum absolute atomic E-state index is 0.583. The van der Waals surface area contributed by atoms with Gasteiger partial charge in [-0.15, -0.1) is 0 Å². The summed E-state index contributed by atoms with van der Waals surface area (Å²) in [5.74, 6) is 0. The zero-order chi connectivity index (χ0) is 13.1. The molecule has 1 aliphatic carbocycles. The third-order valence-electron chi connectivity index (χ3n) is 3.65. The fourth-order valence-corrected chi connectivity index (χ4v) is 2.79. The van der Waals surface area contributed by atoms with Gasteiger partial charge in [0.1, 0.15) is 0 Å². The van der Waals surface area contributed by atoms with E-state index in [1.807, 2.05) is 24.4 Å². The van der Waals surface area contributed by atoms with Crippen LogP contribution in [0.25, 0.3) is 10.9 Å². The lowest BCUT2D eigenvalue weighted by molar-refractivity contribution is 0.475. The van der Waals surface area contributed by atoms with Crippen molar-refractivity contribution in [2.75, 3.05) is 0 Å². The van der Waals surface area contributed by atoms with Crippen LogP contribution in [-0.2, 0) is 6.54 Å². The van der Waals surface area contributed by atoms with Crippen LogP contribution in [0.15, 0.2) is 42.6 Å². The van der Waals surface area contributed by atoms with E-state index in [1.165, 1.54) is 18.4 Å². The van der Waals surface area contributed by atoms with Gasteiger partial charge in [-0.25, -0.2) is 0 Å². The molecule has 1 aromatic carbocycles. The monoisotopic (exact) mass is 272 g/mol. The molecule has 1 heterocycles. The first-order chi connectivity index (χ1) is 9.34. The number of allylic oxidation sites excluding steroid dienone is 1. The molecular weight excluding hydrogens is 256 g/mol. The van der Waals surface area contributed by atoms with Crippen molar-refractivity contribution in [1.29, 1.82) is 0 Å². The van der Waals surface area contributed by atoms with Gasteiger partial charge in [0, 0.05) is 29.2 Å². The van der Waals surface area contributed by atoms with E-state index in [1.54, 1.807) is 0 Å². The van der Waals surface area contributed by atoms with Crippen molar-refractivity contribution in [3.63, 3.8) is 0 Å². The quantitative estimate of drug-likeness (QED) is 0.852. The second-order valence-electron chi connectivity index (χ2n) is 4.97. The lowest BCUT2D eigenvalue weighted by atomic mass is 10.0. The highest BCUT2D eigenvalue weighted by molar-refractivity contribution is 6.35. The van der Waals surface area contributed by atoms with Crippen LogP contribution in [-0.4, -0.2) is 11.0 Å². The summed E-state index contributed by atoms with van der Waals surface area (Å²) >= 11 is 6.21. The molecule has 3 rings (SSSR count). The van der Waals surface area contributed by atoms with Gasteiger partial charge in [-0.2, -0.15) is 0 Å². The molecule has 1 N–H and O–H groups in total. The summed E-state index contributed by atoms with van der Waals surface area (Å²) in [6.07, 6.45) is 9.87. The number of hydrogen-bond donors (Lipinski definition) is 1. The molecule has 19 heavy (non-hydrogen) atoms. The number of fused-ring (bicyclic) bond motifs is 1. The van der Waals surface area contributed by atoms with Crippen molar-refractivity contribution >= 4 is 22.5 Å². The second-order valence-corrected chi connectivity index (χ2v) is 5.38. The van der Waals surface area contributed by atoms with Crippen LogP contribution >= 0.6 is 11.6 Å². The first kappa shape index (κ1) is 12.6. The van der Waals surface area contributed by atoms with Crippen molar-refractivity contribution in [2.24, 2.45) is 0 Å². The second kappa shape index (κ2) is 5.72. The standard InChI is InChI=1S/C16H17ClN2/c17-15-9-8-12(16-14(15)7-4-10-18-16)11-19-13-5-2-1-3-6-13/h1-2,4,7-10,13,19H,3,5-6,11H2. The molecule has 0 bridgehead atoms. The molecule has 2 nitrogen and oxygen atoms in total. The van der Waals surface area contributed by atoms with Crippen molar-refractivity contribution in [3.8, 4) is 0 Å². The van der Waals surface area contributed by atoms with Crippen molar-refractivity contribution < 1.29 is 0 Å². The van der Waals surface area contributed by atoms with Gasteiger partial charge in [0.2, 0.25) is 0 Å². The minimum Gasteiger partial charge on any atom is -0.310 e. The average molecular weight is 273 g/mol. The van der Waals surface area contributed by atoms with Gasteiger partial charge in [-0.1, -0.05) is 29.8 Å². The Morgan fingerprint density at radius 1 is 1.26 bits per heavy atom. The number of pyridine rings is 1. The maximum Gasteiger partial charge on any atom is 0.0761 e. The van der Waals surface area contributed by atoms with E-state index in [4.69, 9.17) is 11.6 Å². The minimum atomic E-state index is 0.583. The summed E-state index contributed by atoms with van der Waals surface area (Å²) in [4.78, 5) is 4.47. The number of benzene rings is 1. The Hall–Kier alpha value is -1.38. The normalized spacial score (nSPS) is 18.9. The number of nitrogens with zero attached hydrogens (tertiary/aromatic N) is 1. The van der Waals surface area contributed by atoms with Crippen molar-refractivity contribution in [3.05, 3.63) is 53.2 Å². The molecule has 1 aliphatic rings. The third-order valence-corrected chi connectivity index (χ3v) is 3.98. The Labute approximate surface area is 118 Å². The molecule has 2 aromatic rings. The molecule has 0 saturated heterocycles. The predicted octanol–water partition coefficient (Wildman–Crippen LogP) is 4.09. The molecule has 1 atom stereocenters. The van der Waals surface area contributed by atoms with E-state index in [0.717, 1.165) is 28.9 Å². The van der Waals surface area contributed by atoms with E-state index in [9.17, 15) is 0 Å². The van der Waals surface area contributed by atoms with Crippen LogP contribution in [0.4, 0.5) is 0 Å². The molecule has 0 saturated carbocycles. The molecule has 3 heteroatoms. The van der Waals surface area contributed by atoms with Gasteiger partial charge >= 0.3 is 0 Å². The molecule has 0 amide bonds. The fraction of sp³-hybridized carbons (Fsp3) is 0.312. The van der Waals surface area contributed by atoms with Crippen LogP contribution < -0.4 is 5.32 Å². The van der Waals surface area contributed by atoms with Crippen molar-refractivity contribution in [2.45, 2.75) is 31.8 Å². The van der Waals surface area contributed by atoms with Crippen molar-refractivity contribution in [1.82, 2.24) is 10.3 Å². The Balaban J connectivity index is 1.81. The first-order valence-corrected chi connectivity index (χ1v) is 7.13. The number of hydrogen-bond acceptors (Lipinski definition) is 2. The van der Waals surface area contributed by atoms with Crippen LogP contribution in [0.3, 0.4) is 0 Å². The third kappa shape index (κ3) is 2.80. The Morgan fingerprint density at radius 2 is 2.21 bits per heavy atom. The number of rotatable bonds is 3. The highest BCUT2D eigenvalue weighted by Crippen LogP contribution is 2.25. The van der Waals surface area contributed by atoms with Crippen LogP contribution in [0, 0.1) is 0 Å². The Bertz CT molecular complexity index is 607. The zero-order valence-corrected chi connectivity index (χ0v) is 11.5. The number of halogens is 1. The highest BCUT2D eigenvalue weighted by atomic mass is 35.5. The molecule has 98 valence electrons. The van der Waals surface area contributed by atoms with E-state index in [2.05, 4.69) is 28.5 Å². The van der Waals surface area contributed by atoms with E-state index in [-0.39, 0.29) is 0 Å². The molecule has 0 radical (unpaired) electrons. The topological polar surface area (TPSA) is 24.9 Å². The van der Waals surface area contributed by atoms with Crippen LogP contribution in [0.5, 0.6) is 0 Å². The summed E-state index contributed by atoms with van der Waals surface area (Å²) in [7, 11) is 0. The maximum absolute atomic E-state index is 6.21. The predicted molar refractivity (Wildman–Crippen MR) is 80.4 cm³/mol. The Kier molecular flexibility index (Phi) is 3.81. The molecule has 0 spiro atoms. The van der Waals surface area contributed by atoms with E-state index >= 15 is 0 Å². The molecule has 1 unspecified atom stereocenters. The zero-order valence-electron chi connectivity index (χ0n) is 10.8. The van der Waals surface area contributed by atoms with Crippen LogP contribution in [0.1, 0.15) is 24.8 Å². The summed E-state index contributed by atoms with van der Waals surface area (Å²) in [5, 5.41) is 5.42. The van der Waals surface area contributed by atoms with E-state index in [0.29, 0.717) is 6.04 Å². The Morgan fingerprint density at radius 3 is 3.05 bits per heavy atom. The summed E-state index contributed by atoms with van der Waals surface area (Å²) < 4.78 is 0. The largest absolute Gasteiger partial charge is 0.310 e. The van der Waals surface area contributed by atoms with Crippen LogP contribution in [0.2, 0.25) is 5.02 Å². The molecular formula is C16H17ClN2. The van der Waals surface area contributed by atoms with Gasteiger partial charge in [-0.3, -0.25) is 4.98 Å². The first-order valence-electron chi connectivity index (χ1n) is 6.75. The smallest absolute Gasteiger partial charge is 0.0761 e. The highest BCUT2D eigenvalue weighted by Gasteiger charge is 2.11. The summed E-state index contributed by atoms with van der Waals surface area (Å²) in [5.41, 5.74) is 2.23.